The number of nitriles is 1. The minimum atomic E-state index is 0.266. The molecule has 5 heteroatoms. The van der Waals surface area contributed by atoms with E-state index in [2.05, 4.69) is 23.5 Å². The number of nitrogens with one attached hydrogen (secondary N) is 1. The number of nitrogens with zero attached hydrogens (tertiary/aromatic N) is 1. The van der Waals surface area contributed by atoms with Gasteiger partial charge in [0.2, 0.25) is 0 Å². The van der Waals surface area contributed by atoms with Crippen molar-refractivity contribution in [3.05, 3.63) is 23.6 Å². The lowest BCUT2D eigenvalue weighted by Gasteiger charge is -2.22. The van der Waals surface area contributed by atoms with E-state index in [9.17, 15) is 0 Å². The van der Waals surface area contributed by atoms with Gasteiger partial charge in [-0.25, -0.2) is 0 Å². The molecule has 0 radical (unpaired) electrons. The Morgan fingerprint density at radius 3 is 3.06 bits per heavy atom. The van der Waals surface area contributed by atoms with E-state index < -0.39 is 0 Å². The van der Waals surface area contributed by atoms with E-state index in [4.69, 9.17) is 22.2 Å². The minimum absolute atomic E-state index is 0.266. The van der Waals surface area contributed by atoms with Crippen LogP contribution in [-0.4, -0.2) is 17.8 Å². The van der Waals surface area contributed by atoms with Gasteiger partial charge < -0.3 is 10.1 Å². The maximum absolute atomic E-state index is 8.39. The first-order valence-corrected chi connectivity index (χ1v) is 6.88. The molecule has 2 atom stereocenters. The van der Waals surface area contributed by atoms with Crippen molar-refractivity contribution in [3.63, 3.8) is 0 Å². The summed E-state index contributed by atoms with van der Waals surface area (Å²) in [5.41, 5.74) is 0. The van der Waals surface area contributed by atoms with Gasteiger partial charge in [0.15, 0.2) is 0 Å². The third-order valence-corrected chi connectivity index (χ3v) is 3.06. The number of thioether (sulfide) groups is 1. The van der Waals surface area contributed by atoms with Gasteiger partial charge in [0.25, 0.3) is 5.17 Å². The van der Waals surface area contributed by atoms with E-state index in [1.807, 2.05) is 17.7 Å². The lowest BCUT2D eigenvalue weighted by Crippen LogP contribution is -2.35. The molecular formula is C12H16N2OS2. The van der Waals surface area contributed by atoms with Gasteiger partial charge in [0.05, 0.1) is 6.61 Å². The number of hydrogen-bond acceptors (Lipinski definition) is 4. The Morgan fingerprint density at radius 2 is 2.47 bits per heavy atom. The third kappa shape index (κ3) is 5.76. The highest BCUT2D eigenvalue weighted by Gasteiger charge is 2.14. The van der Waals surface area contributed by atoms with Crippen LogP contribution in [0.15, 0.2) is 23.6 Å². The van der Waals surface area contributed by atoms with E-state index in [1.54, 1.807) is 0 Å². The van der Waals surface area contributed by atoms with E-state index in [-0.39, 0.29) is 6.04 Å². The zero-order valence-corrected chi connectivity index (χ0v) is 11.4. The first kappa shape index (κ1) is 14.1. The summed E-state index contributed by atoms with van der Waals surface area (Å²) in [6.07, 6.45) is 8.40. The standard InChI is InChI=1S/C12H16N2OS2/c1-2-15-12(16)14-11-5-3-10(4-6-11)7-8-17-9-13/h3,5,7-8,10-11H,2,4,6H2,1H3,(H,14,16)/b8-7+. The maximum Gasteiger partial charge on any atom is 0.257 e. The fourth-order valence-corrected chi connectivity index (χ4v) is 2.23. The quantitative estimate of drug-likeness (QED) is 0.482. The molecule has 0 bridgehead atoms. The van der Waals surface area contributed by atoms with Crippen molar-refractivity contribution in [3.8, 4) is 5.40 Å². The van der Waals surface area contributed by atoms with Crippen LogP contribution >= 0.6 is 24.0 Å². The normalized spacial score (nSPS) is 23.3. The van der Waals surface area contributed by atoms with Crippen LogP contribution in [0.3, 0.4) is 0 Å². The molecule has 3 nitrogen and oxygen atoms in total. The summed E-state index contributed by atoms with van der Waals surface area (Å²) in [4.78, 5) is 0. The molecule has 0 amide bonds. The van der Waals surface area contributed by atoms with Gasteiger partial charge in [-0.2, -0.15) is 5.26 Å². The monoisotopic (exact) mass is 268 g/mol. The summed E-state index contributed by atoms with van der Waals surface area (Å²) in [6.45, 7) is 2.51. The molecule has 2 unspecified atom stereocenters. The predicted molar refractivity (Wildman–Crippen MR) is 75.4 cm³/mol. The maximum atomic E-state index is 8.39. The zero-order valence-electron chi connectivity index (χ0n) is 9.76. The van der Waals surface area contributed by atoms with Gasteiger partial charge in [-0.3, -0.25) is 0 Å². The van der Waals surface area contributed by atoms with Crippen LogP contribution in [0.4, 0.5) is 0 Å². The Kier molecular flexibility index (Phi) is 6.75. The van der Waals surface area contributed by atoms with Crippen molar-refractivity contribution in [2.75, 3.05) is 6.61 Å². The number of hydrogen-bond donors (Lipinski definition) is 1. The van der Waals surface area contributed by atoms with Gasteiger partial charge in [0.1, 0.15) is 5.40 Å². The largest absolute Gasteiger partial charge is 0.471 e. The summed E-state index contributed by atoms with van der Waals surface area (Å²) in [5.74, 6) is 0.426. The van der Waals surface area contributed by atoms with Crippen LogP contribution in [0.1, 0.15) is 19.8 Å². The van der Waals surface area contributed by atoms with Crippen LogP contribution in [-0.2, 0) is 4.74 Å². The molecule has 0 fully saturated rings. The molecule has 0 aromatic carbocycles. The average molecular weight is 268 g/mol. The molecule has 0 spiro atoms. The number of thiocarbonyl (C=S) groups is 1. The minimum Gasteiger partial charge on any atom is -0.471 e. The van der Waals surface area contributed by atoms with Crippen LogP contribution in [0.2, 0.25) is 0 Å². The Labute approximate surface area is 112 Å². The van der Waals surface area contributed by atoms with Crippen molar-refractivity contribution in [2.24, 2.45) is 5.92 Å². The second-order valence-electron chi connectivity index (χ2n) is 3.64. The molecule has 1 N–H and O–H groups in total. The summed E-state index contributed by atoms with van der Waals surface area (Å²) in [7, 11) is 0. The Morgan fingerprint density at radius 1 is 1.65 bits per heavy atom. The highest BCUT2D eigenvalue weighted by molar-refractivity contribution is 8.06. The Balaban J connectivity index is 2.34. The zero-order chi connectivity index (χ0) is 12.5. The molecular weight excluding hydrogens is 252 g/mol. The van der Waals surface area contributed by atoms with Crippen LogP contribution < -0.4 is 5.32 Å². The van der Waals surface area contributed by atoms with Gasteiger partial charge in [-0.1, -0.05) is 18.2 Å². The molecule has 1 aliphatic carbocycles. The smallest absolute Gasteiger partial charge is 0.257 e. The lowest BCUT2D eigenvalue weighted by atomic mass is 9.93. The Hall–Kier alpha value is -0.990. The van der Waals surface area contributed by atoms with Crippen LogP contribution in [0.5, 0.6) is 0 Å². The van der Waals surface area contributed by atoms with Crippen molar-refractivity contribution in [1.29, 1.82) is 5.26 Å². The molecule has 1 aliphatic rings. The lowest BCUT2D eigenvalue weighted by molar-refractivity contribution is 0.314. The highest BCUT2D eigenvalue weighted by Crippen LogP contribution is 2.20. The second-order valence-corrected chi connectivity index (χ2v) is 4.70. The first-order valence-electron chi connectivity index (χ1n) is 5.59. The molecule has 1 rings (SSSR count). The van der Waals surface area contributed by atoms with Gasteiger partial charge in [-0.15, -0.1) is 0 Å². The number of rotatable bonds is 4. The van der Waals surface area contributed by atoms with Crippen molar-refractivity contribution < 1.29 is 4.74 Å². The summed E-state index contributed by atoms with van der Waals surface area (Å²) in [6, 6.07) is 0.266. The van der Waals surface area contributed by atoms with E-state index >= 15 is 0 Å². The topological polar surface area (TPSA) is 45.0 Å². The van der Waals surface area contributed by atoms with Gasteiger partial charge >= 0.3 is 0 Å². The molecule has 0 aliphatic heterocycles. The molecule has 0 aromatic heterocycles. The van der Waals surface area contributed by atoms with E-state index in [0.29, 0.717) is 17.7 Å². The predicted octanol–water partition coefficient (Wildman–Crippen LogP) is 2.96. The molecule has 0 heterocycles. The van der Waals surface area contributed by atoms with Crippen LogP contribution in [0, 0.1) is 16.6 Å². The van der Waals surface area contributed by atoms with Crippen molar-refractivity contribution in [1.82, 2.24) is 5.32 Å². The summed E-state index contributed by atoms with van der Waals surface area (Å²) < 4.78 is 5.18. The molecule has 0 saturated heterocycles. The molecule has 0 saturated carbocycles. The van der Waals surface area contributed by atoms with Crippen LogP contribution in [0.25, 0.3) is 0 Å². The first-order chi connectivity index (χ1) is 8.26. The van der Waals surface area contributed by atoms with Gasteiger partial charge in [0, 0.05) is 6.04 Å². The second kappa shape index (κ2) is 8.15. The summed E-state index contributed by atoms with van der Waals surface area (Å²) >= 11 is 6.18. The number of ether oxygens (including phenoxy) is 1. The SMILES string of the molecule is CCOC(=S)NC1C=CC(/C=C/SC#N)CC1. The number of allylic oxidation sites excluding steroid dienone is 2. The highest BCUT2D eigenvalue weighted by atomic mass is 32.2. The fraction of sp³-hybridized carbons (Fsp3) is 0.500. The van der Waals surface area contributed by atoms with Crippen molar-refractivity contribution >= 4 is 29.2 Å². The molecule has 0 aromatic rings. The average Bonchev–Trinajstić information content (AvgIpc) is 2.32. The van der Waals surface area contributed by atoms with E-state index in [1.165, 1.54) is 0 Å². The van der Waals surface area contributed by atoms with Gasteiger partial charge in [-0.05, 0) is 55.1 Å². The number of thiocyanates is 1. The van der Waals surface area contributed by atoms with Crippen molar-refractivity contribution in [2.45, 2.75) is 25.8 Å². The molecule has 92 valence electrons. The van der Waals surface area contributed by atoms with E-state index in [0.717, 1.165) is 24.6 Å². The third-order valence-electron chi connectivity index (χ3n) is 2.43. The molecule has 17 heavy (non-hydrogen) atoms. The summed E-state index contributed by atoms with van der Waals surface area (Å²) in [5, 5.41) is 15.9. The fourth-order valence-electron chi connectivity index (χ4n) is 1.62. The Bertz CT molecular complexity index is 347.